The predicted octanol–water partition coefficient (Wildman–Crippen LogP) is 12.9. The summed E-state index contributed by atoms with van der Waals surface area (Å²) in [6, 6.07) is 62.5. The second-order valence-corrected chi connectivity index (χ2v) is 15.3. The molecule has 0 amide bonds. The summed E-state index contributed by atoms with van der Waals surface area (Å²) in [6.07, 6.45) is 0. The van der Waals surface area contributed by atoms with E-state index in [1.165, 1.54) is 66.8 Å². The molecule has 1 atom stereocenters. The third-order valence-electron chi connectivity index (χ3n) is 12.5. The number of ether oxygens (including phenoxy) is 2. The second kappa shape index (κ2) is 10.5. The van der Waals surface area contributed by atoms with Crippen LogP contribution in [0.4, 0.5) is 0 Å². The molecule has 0 aromatic heterocycles. The van der Waals surface area contributed by atoms with Gasteiger partial charge in [0.1, 0.15) is 23.0 Å². The summed E-state index contributed by atoms with van der Waals surface area (Å²) in [7, 11) is 0. The van der Waals surface area contributed by atoms with Crippen molar-refractivity contribution in [2.75, 3.05) is 0 Å². The van der Waals surface area contributed by atoms with Gasteiger partial charge in [-0.3, -0.25) is 0 Å². The van der Waals surface area contributed by atoms with Crippen molar-refractivity contribution in [1.82, 2.24) is 0 Å². The Morgan fingerprint density at radius 3 is 1.24 bits per heavy atom. The molecule has 0 fully saturated rings. The average Bonchev–Trinajstić information content (AvgIpc) is 3.66. The monoisotopic (exact) mass is 690 g/mol. The molecule has 0 saturated heterocycles. The molecule has 2 nitrogen and oxygen atoms in total. The van der Waals surface area contributed by atoms with Crippen molar-refractivity contribution in [2.45, 2.75) is 24.7 Å². The van der Waals surface area contributed by atoms with Crippen molar-refractivity contribution in [3.63, 3.8) is 0 Å². The summed E-state index contributed by atoms with van der Waals surface area (Å²) in [5.74, 6) is 3.56. The van der Waals surface area contributed by atoms with Crippen LogP contribution in [0, 0.1) is 13.8 Å². The molecule has 1 unspecified atom stereocenters. The molecule has 0 bridgehead atoms. The molecule has 54 heavy (non-hydrogen) atoms. The quantitative estimate of drug-likeness (QED) is 0.171. The number of benzene rings is 8. The number of hydrogen-bond acceptors (Lipinski definition) is 2. The summed E-state index contributed by atoms with van der Waals surface area (Å²) in [4.78, 5) is 0. The topological polar surface area (TPSA) is 18.5 Å². The largest absolute Gasteiger partial charge is 0.457 e. The molecular formula is C52H34O2. The zero-order valence-corrected chi connectivity index (χ0v) is 30.0. The van der Waals surface area contributed by atoms with Crippen LogP contribution in [0.15, 0.2) is 170 Å². The first-order chi connectivity index (χ1) is 26.6. The molecular weight excluding hydrogens is 657 g/mol. The molecule has 254 valence electrons. The maximum atomic E-state index is 6.93. The van der Waals surface area contributed by atoms with E-state index in [1.54, 1.807) is 0 Å². The Hall–Kier alpha value is -6.64. The summed E-state index contributed by atoms with van der Waals surface area (Å²) in [6.45, 7) is 4.32. The molecule has 8 aromatic rings. The van der Waals surface area contributed by atoms with Crippen LogP contribution in [0.3, 0.4) is 0 Å². The van der Waals surface area contributed by atoms with Gasteiger partial charge in [0, 0.05) is 22.3 Å². The second-order valence-electron chi connectivity index (χ2n) is 15.3. The van der Waals surface area contributed by atoms with Crippen LogP contribution >= 0.6 is 0 Å². The Balaban J connectivity index is 1.07. The van der Waals surface area contributed by atoms with E-state index in [4.69, 9.17) is 9.47 Å². The van der Waals surface area contributed by atoms with Gasteiger partial charge >= 0.3 is 0 Å². The summed E-state index contributed by atoms with van der Waals surface area (Å²) < 4.78 is 13.8. The van der Waals surface area contributed by atoms with Gasteiger partial charge in [-0.05, 0) is 99.3 Å². The van der Waals surface area contributed by atoms with E-state index >= 15 is 0 Å². The number of hydrogen-bond donors (Lipinski definition) is 0. The van der Waals surface area contributed by atoms with Crippen molar-refractivity contribution >= 4 is 0 Å². The first-order valence-electron chi connectivity index (χ1n) is 18.8. The Morgan fingerprint density at radius 2 is 0.667 bits per heavy atom. The standard InChI is InChI=1S/C52H34O2/c1-31-19-23-42-38(27-31)37-13-5-8-16-41(37)52(42)43-17-9-10-18-47(43)53-49-29-33(21-25-45(49)52)34-22-26-46-50(30-34)54-48-28-32(2)20-24-44(48)51(46)39-14-6-3-11-35(39)36-12-4-7-15-40(36)51/h3-30H,1-2H3. The number of fused-ring (bicyclic) bond motifs is 18. The lowest BCUT2D eigenvalue weighted by atomic mass is 9.65. The van der Waals surface area contributed by atoms with Crippen molar-refractivity contribution in [3.8, 4) is 56.4 Å². The minimum absolute atomic E-state index is 0.487. The van der Waals surface area contributed by atoms with Crippen LogP contribution in [0.25, 0.3) is 33.4 Å². The normalized spacial score (nSPS) is 16.9. The van der Waals surface area contributed by atoms with Gasteiger partial charge in [-0.15, -0.1) is 0 Å². The fourth-order valence-corrected chi connectivity index (χ4v) is 10.4. The van der Waals surface area contributed by atoms with Gasteiger partial charge < -0.3 is 9.47 Å². The van der Waals surface area contributed by atoms with Crippen LogP contribution in [0.2, 0.25) is 0 Å². The zero-order valence-electron chi connectivity index (χ0n) is 30.0. The van der Waals surface area contributed by atoms with Crippen molar-refractivity contribution in [1.29, 1.82) is 0 Å². The predicted molar refractivity (Wildman–Crippen MR) is 216 cm³/mol. The molecule has 12 rings (SSSR count). The first kappa shape index (κ1) is 29.9. The Bertz CT molecular complexity index is 2890. The van der Waals surface area contributed by atoms with E-state index in [-0.39, 0.29) is 0 Å². The van der Waals surface area contributed by atoms with Crippen molar-refractivity contribution < 1.29 is 9.47 Å². The van der Waals surface area contributed by atoms with Crippen LogP contribution in [-0.4, -0.2) is 0 Å². The lowest BCUT2D eigenvalue weighted by Gasteiger charge is -2.40. The molecule has 2 heterocycles. The van der Waals surface area contributed by atoms with E-state index in [9.17, 15) is 0 Å². The summed E-state index contributed by atoms with van der Waals surface area (Å²) in [5.41, 5.74) is 18.7. The highest BCUT2D eigenvalue weighted by molar-refractivity contribution is 5.91. The van der Waals surface area contributed by atoms with E-state index in [0.717, 1.165) is 45.3 Å². The average molecular weight is 691 g/mol. The highest BCUT2D eigenvalue weighted by Crippen LogP contribution is 2.64. The van der Waals surface area contributed by atoms with E-state index in [2.05, 4.69) is 184 Å². The minimum atomic E-state index is -0.488. The van der Waals surface area contributed by atoms with E-state index < -0.39 is 10.8 Å². The highest BCUT2D eigenvalue weighted by atomic mass is 16.5. The van der Waals surface area contributed by atoms with Crippen LogP contribution in [0.5, 0.6) is 23.0 Å². The zero-order chi connectivity index (χ0) is 35.8. The van der Waals surface area contributed by atoms with Crippen LogP contribution < -0.4 is 9.47 Å². The number of para-hydroxylation sites is 1. The highest BCUT2D eigenvalue weighted by Gasteiger charge is 2.52. The maximum Gasteiger partial charge on any atom is 0.132 e. The van der Waals surface area contributed by atoms with Gasteiger partial charge in [0.2, 0.25) is 0 Å². The molecule has 2 aliphatic heterocycles. The van der Waals surface area contributed by atoms with Gasteiger partial charge in [-0.1, -0.05) is 151 Å². The SMILES string of the molecule is Cc1ccc2c(c1)Oc1cc(-c3ccc4c(c3)Oc3ccccc3C43c4ccccc4-c4cc(C)ccc43)ccc1C21c2ccccc2-c2ccccc21. The Kier molecular flexibility index (Phi) is 5.81. The van der Waals surface area contributed by atoms with Gasteiger partial charge in [0.15, 0.2) is 0 Å². The fraction of sp³-hybridized carbons (Fsp3) is 0.0769. The minimum Gasteiger partial charge on any atom is -0.457 e. The van der Waals surface area contributed by atoms with E-state index in [1.807, 2.05) is 0 Å². The molecule has 2 aliphatic carbocycles. The fourth-order valence-electron chi connectivity index (χ4n) is 10.4. The van der Waals surface area contributed by atoms with Gasteiger partial charge in [0.05, 0.1) is 10.8 Å². The number of rotatable bonds is 1. The lowest BCUT2D eigenvalue weighted by molar-refractivity contribution is 0.435. The van der Waals surface area contributed by atoms with Gasteiger partial charge in [0.25, 0.3) is 0 Å². The molecule has 4 aliphatic rings. The molecule has 0 N–H and O–H groups in total. The molecule has 8 aromatic carbocycles. The maximum absolute atomic E-state index is 6.93. The van der Waals surface area contributed by atoms with Crippen molar-refractivity contribution in [2.24, 2.45) is 0 Å². The first-order valence-corrected chi connectivity index (χ1v) is 18.8. The third-order valence-corrected chi connectivity index (χ3v) is 12.5. The van der Waals surface area contributed by atoms with E-state index in [0.29, 0.717) is 0 Å². The van der Waals surface area contributed by atoms with Gasteiger partial charge in [-0.25, -0.2) is 0 Å². The smallest absolute Gasteiger partial charge is 0.132 e. The molecule has 2 spiro atoms. The lowest BCUT2D eigenvalue weighted by Crippen LogP contribution is -2.32. The summed E-state index contributed by atoms with van der Waals surface area (Å²) in [5, 5.41) is 0. The van der Waals surface area contributed by atoms with Gasteiger partial charge in [-0.2, -0.15) is 0 Å². The molecule has 0 saturated carbocycles. The number of aryl methyl sites for hydroxylation is 2. The van der Waals surface area contributed by atoms with Crippen LogP contribution in [0.1, 0.15) is 55.6 Å². The molecule has 0 radical (unpaired) electrons. The third kappa shape index (κ3) is 3.60. The Morgan fingerprint density at radius 1 is 0.296 bits per heavy atom. The molecule has 2 heteroatoms. The van der Waals surface area contributed by atoms with Crippen LogP contribution in [-0.2, 0) is 10.8 Å². The summed E-state index contributed by atoms with van der Waals surface area (Å²) >= 11 is 0. The van der Waals surface area contributed by atoms with Crippen molar-refractivity contribution in [3.05, 3.63) is 225 Å². The Labute approximate surface area is 314 Å².